The van der Waals surface area contributed by atoms with E-state index in [4.69, 9.17) is 5.11 Å². The normalized spacial score (nSPS) is 25.8. The van der Waals surface area contributed by atoms with Gasteiger partial charge in [-0.25, -0.2) is 0 Å². The Morgan fingerprint density at radius 3 is 2.14 bits per heavy atom. The van der Waals surface area contributed by atoms with Crippen LogP contribution in [0.3, 0.4) is 0 Å². The molecule has 2 rings (SSSR count). The van der Waals surface area contributed by atoms with E-state index in [9.17, 15) is 13.2 Å². The number of rotatable bonds is 4. The molecule has 0 aromatic carbocycles. The summed E-state index contributed by atoms with van der Waals surface area (Å²) in [5, 5.41) is 8.95. The Morgan fingerprint density at radius 2 is 1.67 bits per heavy atom. The van der Waals surface area contributed by atoms with Gasteiger partial charge >= 0.3 is 5.97 Å². The van der Waals surface area contributed by atoms with Crippen molar-refractivity contribution in [3.05, 3.63) is 0 Å². The number of carboxylic acids is 1. The molecular weight excluding hydrogens is 292 g/mol. The van der Waals surface area contributed by atoms with E-state index in [1.54, 1.807) is 0 Å². The van der Waals surface area contributed by atoms with Crippen molar-refractivity contribution < 1.29 is 18.3 Å². The van der Waals surface area contributed by atoms with Gasteiger partial charge in [-0.3, -0.25) is 4.79 Å². The molecule has 0 aromatic heterocycles. The third kappa shape index (κ3) is 4.40. The first-order valence-corrected chi connectivity index (χ1v) is 9.14. The van der Waals surface area contributed by atoms with Crippen LogP contribution < -0.4 is 4.72 Å². The summed E-state index contributed by atoms with van der Waals surface area (Å²) in [5.74, 6) is -1.23. The molecule has 0 atom stereocenters. The topological polar surface area (TPSA) is 86.7 Å². The van der Waals surface area contributed by atoms with Gasteiger partial charge < -0.3 is 5.11 Å². The molecule has 0 spiro atoms. The molecule has 0 amide bonds. The lowest BCUT2D eigenvalue weighted by molar-refractivity contribution is -0.142. The molecule has 1 saturated carbocycles. The van der Waals surface area contributed by atoms with Crippen LogP contribution in [-0.4, -0.2) is 42.9 Å². The van der Waals surface area contributed by atoms with Crippen LogP contribution in [0.15, 0.2) is 0 Å². The molecule has 1 aliphatic carbocycles. The SMILES string of the molecule is CC1(C)CCC(NS(=O)(=O)N2CCC(C(=O)O)CC2)CC1. The summed E-state index contributed by atoms with van der Waals surface area (Å²) >= 11 is 0. The fraction of sp³-hybridized carbons (Fsp3) is 0.929. The Balaban J connectivity index is 1.87. The van der Waals surface area contributed by atoms with Gasteiger partial charge in [0.05, 0.1) is 5.92 Å². The van der Waals surface area contributed by atoms with Gasteiger partial charge in [0, 0.05) is 19.1 Å². The fourth-order valence-electron chi connectivity index (χ4n) is 3.15. The van der Waals surface area contributed by atoms with Gasteiger partial charge in [0.2, 0.25) is 0 Å². The van der Waals surface area contributed by atoms with Gasteiger partial charge in [-0.2, -0.15) is 17.4 Å². The highest BCUT2D eigenvalue weighted by atomic mass is 32.2. The van der Waals surface area contributed by atoms with Crippen molar-refractivity contribution in [2.45, 2.75) is 58.4 Å². The molecular formula is C14H26N2O4S. The highest BCUT2D eigenvalue weighted by Gasteiger charge is 2.34. The lowest BCUT2D eigenvalue weighted by Crippen LogP contribution is -2.49. The first kappa shape index (κ1) is 16.7. The summed E-state index contributed by atoms with van der Waals surface area (Å²) in [6.45, 7) is 5.03. The number of piperidine rings is 1. The second-order valence-electron chi connectivity index (χ2n) is 7.07. The summed E-state index contributed by atoms with van der Waals surface area (Å²) in [4.78, 5) is 10.9. The van der Waals surface area contributed by atoms with Crippen molar-refractivity contribution in [2.75, 3.05) is 13.1 Å². The molecule has 0 aromatic rings. The Kier molecular flexibility index (Phi) is 4.95. The van der Waals surface area contributed by atoms with Crippen LogP contribution in [0.25, 0.3) is 0 Å². The van der Waals surface area contributed by atoms with Crippen molar-refractivity contribution in [1.82, 2.24) is 9.03 Å². The Hall–Kier alpha value is -0.660. The van der Waals surface area contributed by atoms with Crippen molar-refractivity contribution in [3.63, 3.8) is 0 Å². The predicted molar refractivity (Wildman–Crippen MR) is 80.0 cm³/mol. The van der Waals surface area contributed by atoms with E-state index in [0.717, 1.165) is 25.7 Å². The number of carboxylic acid groups (broad SMARTS) is 1. The molecule has 6 nitrogen and oxygen atoms in total. The van der Waals surface area contributed by atoms with Gasteiger partial charge in [0.1, 0.15) is 0 Å². The molecule has 2 fully saturated rings. The van der Waals surface area contributed by atoms with E-state index in [1.165, 1.54) is 4.31 Å². The molecule has 2 N–H and O–H groups in total. The lowest BCUT2D eigenvalue weighted by atomic mass is 9.76. The average Bonchev–Trinajstić information content (AvgIpc) is 2.41. The number of hydrogen-bond donors (Lipinski definition) is 2. The number of nitrogens with zero attached hydrogens (tertiary/aromatic N) is 1. The number of hydrogen-bond acceptors (Lipinski definition) is 3. The smallest absolute Gasteiger partial charge is 0.306 e. The van der Waals surface area contributed by atoms with E-state index in [1.807, 2.05) is 0 Å². The first-order chi connectivity index (χ1) is 9.70. The highest BCUT2D eigenvalue weighted by molar-refractivity contribution is 7.87. The first-order valence-electron chi connectivity index (χ1n) is 7.70. The summed E-state index contributed by atoms with van der Waals surface area (Å²) in [6, 6.07) is 0.0141. The molecule has 0 bridgehead atoms. The Labute approximate surface area is 127 Å². The second kappa shape index (κ2) is 6.22. The minimum Gasteiger partial charge on any atom is -0.481 e. The maximum atomic E-state index is 12.4. The standard InChI is InChI=1S/C14H26N2O4S/c1-14(2)7-3-12(4-8-14)15-21(19,20)16-9-5-11(6-10-16)13(17)18/h11-12,15H,3-10H2,1-2H3,(H,17,18). The molecule has 21 heavy (non-hydrogen) atoms. The lowest BCUT2D eigenvalue weighted by Gasteiger charge is -2.36. The van der Waals surface area contributed by atoms with Crippen LogP contribution >= 0.6 is 0 Å². The zero-order chi connectivity index (χ0) is 15.7. The number of carbonyl (C=O) groups is 1. The zero-order valence-electron chi connectivity index (χ0n) is 12.8. The molecule has 1 saturated heterocycles. The van der Waals surface area contributed by atoms with Crippen molar-refractivity contribution in [3.8, 4) is 0 Å². The zero-order valence-corrected chi connectivity index (χ0v) is 13.7. The number of aliphatic carboxylic acids is 1. The quantitative estimate of drug-likeness (QED) is 0.824. The van der Waals surface area contributed by atoms with Gasteiger partial charge in [-0.1, -0.05) is 13.8 Å². The van der Waals surface area contributed by atoms with Crippen molar-refractivity contribution in [2.24, 2.45) is 11.3 Å². The average molecular weight is 318 g/mol. The van der Waals surface area contributed by atoms with Crippen molar-refractivity contribution >= 4 is 16.2 Å². The predicted octanol–water partition coefficient (Wildman–Crippen LogP) is 1.59. The minimum atomic E-state index is -3.48. The van der Waals surface area contributed by atoms with Crippen LogP contribution in [0, 0.1) is 11.3 Å². The van der Waals surface area contributed by atoms with Crippen LogP contribution in [0.1, 0.15) is 52.4 Å². The highest BCUT2D eigenvalue weighted by Crippen LogP contribution is 2.35. The van der Waals surface area contributed by atoms with E-state index in [-0.39, 0.29) is 6.04 Å². The Morgan fingerprint density at radius 1 is 1.14 bits per heavy atom. The van der Waals surface area contributed by atoms with Crippen LogP contribution in [-0.2, 0) is 15.0 Å². The second-order valence-corrected chi connectivity index (χ2v) is 8.78. The molecule has 1 heterocycles. The van der Waals surface area contributed by atoms with E-state index in [0.29, 0.717) is 31.3 Å². The van der Waals surface area contributed by atoms with Gasteiger partial charge in [-0.15, -0.1) is 0 Å². The molecule has 1 aliphatic heterocycles. The van der Waals surface area contributed by atoms with Gasteiger partial charge in [-0.05, 0) is 43.9 Å². The largest absolute Gasteiger partial charge is 0.481 e. The molecule has 0 radical (unpaired) electrons. The maximum absolute atomic E-state index is 12.4. The van der Waals surface area contributed by atoms with Gasteiger partial charge in [0.15, 0.2) is 0 Å². The maximum Gasteiger partial charge on any atom is 0.306 e. The third-order valence-electron chi connectivity index (χ3n) is 4.80. The summed E-state index contributed by atoms with van der Waals surface area (Å²) in [5.41, 5.74) is 0.307. The minimum absolute atomic E-state index is 0.0141. The summed E-state index contributed by atoms with van der Waals surface area (Å²) in [7, 11) is -3.48. The number of nitrogens with one attached hydrogen (secondary N) is 1. The monoisotopic (exact) mass is 318 g/mol. The van der Waals surface area contributed by atoms with Crippen LogP contribution in [0.4, 0.5) is 0 Å². The summed E-state index contributed by atoms with van der Waals surface area (Å²) < 4.78 is 28.9. The van der Waals surface area contributed by atoms with Crippen molar-refractivity contribution in [1.29, 1.82) is 0 Å². The van der Waals surface area contributed by atoms with Crippen LogP contribution in [0.2, 0.25) is 0 Å². The van der Waals surface area contributed by atoms with Crippen LogP contribution in [0.5, 0.6) is 0 Å². The molecule has 7 heteroatoms. The van der Waals surface area contributed by atoms with E-state index in [2.05, 4.69) is 18.6 Å². The van der Waals surface area contributed by atoms with E-state index >= 15 is 0 Å². The fourth-order valence-corrected chi connectivity index (χ4v) is 4.64. The van der Waals surface area contributed by atoms with E-state index < -0.39 is 22.1 Å². The molecule has 122 valence electrons. The Bertz CT molecular complexity index is 471. The van der Waals surface area contributed by atoms with Gasteiger partial charge in [0.25, 0.3) is 10.2 Å². The summed E-state index contributed by atoms with van der Waals surface area (Å²) in [6.07, 6.45) is 4.60. The molecule has 2 aliphatic rings. The third-order valence-corrected chi connectivity index (χ3v) is 6.47. The molecule has 0 unspecified atom stereocenters.